The van der Waals surface area contributed by atoms with Gasteiger partial charge >= 0.3 is 0 Å². The molecule has 0 bridgehead atoms. The minimum absolute atomic E-state index is 0.0404. The molecule has 2 aromatic carbocycles. The van der Waals surface area contributed by atoms with Crippen LogP contribution in [0.15, 0.2) is 48.0 Å². The average Bonchev–Trinajstić information content (AvgIpc) is 2.35. The highest BCUT2D eigenvalue weighted by Crippen LogP contribution is 2.20. The third kappa shape index (κ3) is 2.16. The Balaban J connectivity index is 2.65. The van der Waals surface area contributed by atoms with Crippen molar-refractivity contribution in [1.82, 2.24) is 0 Å². The van der Waals surface area contributed by atoms with Crippen LogP contribution >= 0.6 is 0 Å². The Kier molecular flexibility index (Phi) is 2.89. The molecule has 2 aromatic rings. The van der Waals surface area contributed by atoms with Crippen LogP contribution in [0.4, 0.5) is 0 Å². The van der Waals surface area contributed by atoms with E-state index in [9.17, 15) is 4.79 Å². The molecule has 0 heterocycles. The van der Waals surface area contributed by atoms with Crippen molar-refractivity contribution in [3.8, 4) is 6.07 Å². The van der Waals surface area contributed by atoms with Gasteiger partial charge in [-0.05, 0) is 22.4 Å². The van der Waals surface area contributed by atoms with Crippen molar-refractivity contribution in [2.24, 2.45) is 5.73 Å². The van der Waals surface area contributed by atoms with E-state index in [1.54, 1.807) is 6.07 Å². The first-order valence-electron chi connectivity index (χ1n) is 5.12. The van der Waals surface area contributed by atoms with Gasteiger partial charge in [-0.1, -0.05) is 42.5 Å². The molecule has 0 aliphatic heterocycles. The lowest BCUT2D eigenvalue weighted by atomic mass is 10.0. The maximum absolute atomic E-state index is 11.0. The van der Waals surface area contributed by atoms with E-state index in [0.29, 0.717) is 0 Å². The second-order valence-corrected chi connectivity index (χ2v) is 3.60. The number of carbonyl (C=O) groups is 1. The molecule has 0 spiro atoms. The minimum atomic E-state index is -0.708. The zero-order valence-electron chi connectivity index (χ0n) is 9.05. The van der Waals surface area contributed by atoms with Gasteiger partial charge in [0.2, 0.25) is 0 Å². The SMILES string of the molecule is N#C/C(=C/c1cccc2ccccc12)C(N)=O. The first-order valence-corrected chi connectivity index (χ1v) is 5.12. The number of hydrogen-bond acceptors (Lipinski definition) is 2. The van der Waals surface area contributed by atoms with Crippen LogP contribution in [0.2, 0.25) is 0 Å². The number of nitriles is 1. The molecule has 3 heteroatoms. The third-order valence-corrected chi connectivity index (χ3v) is 2.51. The Bertz CT molecular complexity index is 645. The van der Waals surface area contributed by atoms with E-state index in [4.69, 9.17) is 11.0 Å². The lowest BCUT2D eigenvalue weighted by Gasteiger charge is -2.02. The van der Waals surface area contributed by atoms with Gasteiger partial charge in [-0.25, -0.2) is 0 Å². The minimum Gasteiger partial charge on any atom is -0.365 e. The number of hydrogen-bond donors (Lipinski definition) is 1. The second kappa shape index (κ2) is 4.50. The summed E-state index contributed by atoms with van der Waals surface area (Å²) < 4.78 is 0. The topological polar surface area (TPSA) is 66.9 Å². The van der Waals surface area contributed by atoms with Gasteiger partial charge < -0.3 is 5.73 Å². The van der Waals surface area contributed by atoms with Gasteiger partial charge in [-0.3, -0.25) is 4.79 Å². The highest BCUT2D eigenvalue weighted by molar-refractivity contribution is 6.03. The summed E-state index contributed by atoms with van der Waals surface area (Å²) in [5.74, 6) is -0.708. The average molecular weight is 222 g/mol. The molecule has 2 rings (SSSR count). The molecule has 0 radical (unpaired) electrons. The fourth-order valence-corrected chi connectivity index (χ4v) is 1.69. The zero-order chi connectivity index (χ0) is 12.3. The molecule has 0 aliphatic carbocycles. The van der Waals surface area contributed by atoms with E-state index in [-0.39, 0.29) is 5.57 Å². The molecular formula is C14H10N2O. The summed E-state index contributed by atoms with van der Waals surface area (Å²) in [6.07, 6.45) is 1.52. The largest absolute Gasteiger partial charge is 0.365 e. The van der Waals surface area contributed by atoms with Crippen LogP contribution in [0, 0.1) is 11.3 Å². The van der Waals surface area contributed by atoms with Gasteiger partial charge in [0.05, 0.1) is 0 Å². The number of rotatable bonds is 2. The highest BCUT2D eigenvalue weighted by Gasteiger charge is 2.04. The first kappa shape index (κ1) is 10.9. The van der Waals surface area contributed by atoms with Crippen molar-refractivity contribution >= 4 is 22.8 Å². The smallest absolute Gasteiger partial charge is 0.259 e. The summed E-state index contributed by atoms with van der Waals surface area (Å²) in [4.78, 5) is 11.0. The second-order valence-electron chi connectivity index (χ2n) is 3.60. The van der Waals surface area contributed by atoms with Crippen LogP contribution in [-0.4, -0.2) is 5.91 Å². The Morgan fingerprint density at radius 3 is 2.59 bits per heavy atom. The van der Waals surface area contributed by atoms with Crippen LogP contribution in [0.5, 0.6) is 0 Å². The van der Waals surface area contributed by atoms with E-state index in [0.717, 1.165) is 16.3 Å². The molecule has 1 amide bonds. The number of carbonyl (C=O) groups excluding carboxylic acids is 1. The number of primary amides is 1. The Morgan fingerprint density at radius 1 is 1.18 bits per heavy atom. The maximum atomic E-state index is 11.0. The fraction of sp³-hybridized carbons (Fsp3) is 0. The Labute approximate surface area is 98.8 Å². The van der Waals surface area contributed by atoms with Crippen molar-refractivity contribution in [1.29, 1.82) is 5.26 Å². The van der Waals surface area contributed by atoms with E-state index >= 15 is 0 Å². The van der Waals surface area contributed by atoms with Gasteiger partial charge in [0.25, 0.3) is 5.91 Å². The lowest BCUT2D eigenvalue weighted by Crippen LogP contribution is -2.12. The molecule has 3 nitrogen and oxygen atoms in total. The molecule has 82 valence electrons. The third-order valence-electron chi connectivity index (χ3n) is 2.51. The monoisotopic (exact) mass is 222 g/mol. The Morgan fingerprint density at radius 2 is 1.88 bits per heavy atom. The van der Waals surface area contributed by atoms with Crippen molar-refractivity contribution in [3.05, 3.63) is 53.6 Å². The number of amides is 1. The molecule has 0 atom stereocenters. The molecule has 17 heavy (non-hydrogen) atoms. The van der Waals surface area contributed by atoms with Crippen LogP contribution in [0.1, 0.15) is 5.56 Å². The summed E-state index contributed by atoms with van der Waals surface area (Å²) in [5.41, 5.74) is 5.89. The highest BCUT2D eigenvalue weighted by atomic mass is 16.1. The number of benzene rings is 2. The fourth-order valence-electron chi connectivity index (χ4n) is 1.69. The van der Waals surface area contributed by atoms with E-state index in [2.05, 4.69) is 0 Å². The zero-order valence-corrected chi connectivity index (χ0v) is 9.05. The maximum Gasteiger partial charge on any atom is 0.259 e. The van der Waals surface area contributed by atoms with Gasteiger partial charge in [0, 0.05) is 0 Å². The van der Waals surface area contributed by atoms with Crippen LogP contribution < -0.4 is 5.73 Å². The van der Waals surface area contributed by atoms with E-state index in [1.807, 2.05) is 42.5 Å². The summed E-state index contributed by atoms with van der Waals surface area (Å²) >= 11 is 0. The van der Waals surface area contributed by atoms with Crippen LogP contribution in [0.25, 0.3) is 16.8 Å². The van der Waals surface area contributed by atoms with Crippen LogP contribution in [0.3, 0.4) is 0 Å². The number of fused-ring (bicyclic) bond motifs is 1. The first-order chi connectivity index (χ1) is 8.22. The molecule has 0 unspecified atom stereocenters. The number of nitrogens with zero attached hydrogens (tertiary/aromatic N) is 1. The summed E-state index contributed by atoms with van der Waals surface area (Å²) in [6.45, 7) is 0. The predicted molar refractivity (Wildman–Crippen MR) is 66.7 cm³/mol. The predicted octanol–water partition coefficient (Wildman–Crippen LogP) is 2.23. The van der Waals surface area contributed by atoms with Crippen molar-refractivity contribution in [2.45, 2.75) is 0 Å². The summed E-state index contributed by atoms with van der Waals surface area (Å²) in [6, 6.07) is 15.3. The van der Waals surface area contributed by atoms with Gasteiger partial charge in [0.15, 0.2) is 0 Å². The molecule has 0 saturated heterocycles. The van der Waals surface area contributed by atoms with Gasteiger partial charge in [-0.15, -0.1) is 0 Å². The molecule has 0 aromatic heterocycles. The van der Waals surface area contributed by atoms with Crippen molar-refractivity contribution in [2.75, 3.05) is 0 Å². The Hall–Kier alpha value is -2.60. The quantitative estimate of drug-likeness (QED) is 0.625. The van der Waals surface area contributed by atoms with Crippen LogP contribution in [-0.2, 0) is 4.79 Å². The molecule has 0 saturated carbocycles. The van der Waals surface area contributed by atoms with Crippen molar-refractivity contribution < 1.29 is 4.79 Å². The van der Waals surface area contributed by atoms with Gasteiger partial charge in [-0.2, -0.15) is 5.26 Å². The lowest BCUT2D eigenvalue weighted by molar-refractivity contribution is -0.114. The van der Waals surface area contributed by atoms with Gasteiger partial charge in [0.1, 0.15) is 11.6 Å². The molecule has 0 aliphatic rings. The van der Waals surface area contributed by atoms with Crippen molar-refractivity contribution in [3.63, 3.8) is 0 Å². The van der Waals surface area contributed by atoms with E-state index < -0.39 is 5.91 Å². The molecule has 0 fully saturated rings. The summed E-state index contributed by atoms with van der Waals surface area (Å²) in [5, 5.41) is 10.9. The molecule has 2 N–H and O–H groups in total. The van der Waals surface area contributed by atoms with E-state index in [1.165, 1.54) is 6.08 Å². The normalized spacial score (nSPS) is 11.1. The standard InChI is InChI=1S/C14H10N2O/c15-9-12(14(16)17)8-11-6-3-5-10-4-1-2-7-13(10)11/h1-8H,(H2,16,17)/b12-8-. The summed E-state index contributed by atoms with van der Waals surface area (Å²) in [7, 11) is 0. The molecular weight excluding hydrogens is 212 g/mol. The number of nitrogens with two attached hydrogens (primary N) is 1.